The molecule has 0 bridgehead atoms. The molecule has 4 rings (SSSR count). The number of benzene rings is 1. The average molecular weight is 474 g/mol. The van der Waals surface area contributed by atoms with Crippen LogP contribution in [-0.2, 0) is 9.53 Å². The molecule has 5 N–H and O–H groups in total. The predicted molar refractivity (Wildman–Crippen MR) is 133 cm³/mol. The summed E-state index contributed by atoms with van der Waals surface area (Å²) in [5.41, 5.74) is 16.9. The van der Waals surface area contributed by atoms with Gasteiger partial charge < -0.3 is 26.4 Å². The molecule has 33 heavy (non-hydrogen) atoms. The van der Waals surface area contributed by atoms with Gasteiger partial charge in [0, 0.05) is 62.1 Å². The quantitative estimate of drug-likeness (QED) is 0.254. The number of rotatable bonds is 6. The van der Waals surface area contributed by atoms with Crippen molar-refractivity contribution in [1.82, 2.24) is 10.2 Å². The molecule has 0 radical (unpaired) electrons. The zero-order chi connectivity index (χ0) is 23.8. The van der Waals surface area contributed by atoms with Crippen LogP contribution in [0.2, 0.25) is 0 Å². The summed E-state index contributed by atoms with van der Waals surface area (Å²) >= 11 is 5.94. The van der Waals surface area contributed by atoms with Gasteiger partial charge in [0.1, 0.15) is 0 Å². The van der Waals surface area contributed by atoms with Crippen LogP contribution < -0.4 is 16.8 Å². The molecule has 3 atom stereocenters. The number of nitrogens with one attached hydrogen (secondary N) is 1. The Morgan fingerprint density at radius 1 is 1.27 bits per heavy atom. The number of halogens is 1. The molecule has 8 heteroatoms. The summed E-state index contributed by atoms with van der Waals surface area (Å²) in [6.07, 6.45) is 3.62. The monoisotopic (exact) mass is 473 g/mol. The number of nitrogens with zero attached hydrogens (tertiary/aromatic N) is 2. The van der Waals surface area contributed by atoms with Crippen LogP contribution in [0.1, 0.15) is 56.7 Å². The van der Waals surface area contributed by atoms with E-state index in [1.54, 1.807) is 0 Å². The third-order valence-corrected chi connectivity index (χ3v) is 7.61. The second-order valence-corrected chi connectivity index (χ2v) is 10.3. The van der Waals surface area contributed by atoms with E-state index in [-0.39, 0.29) is 34.6 Å². The van der Waals surface area contributed by atoms with Crippen molar-refractivity contribution in [2.45, 2.75) is 58.5 Å². The van der Waals surface area contributed by atoms with Gasteiger partial charge in [0.25, 0.3) is 0 Å². The largest absolute Gasteiger partial charge is 0.399 e. The molecule has 1 amide bonds. The van der Waals surface area contributed by atoms with Crippen LogP contribution in [-0.4, -0.2) is 48.4 Å². The molecule has 1 saturated heterocycles. The highest BCUT2D eigenvalue weighted by atomic mass is 35.5. The first-order chi connectivity index (χ1) is 15.7. The van der Waals surface area contributed by atoms with E-state index < -0.39 is 0 Å². The summed E-state index contributed by atoms with van der Waals surface area (Å²) in [6, 6.07) is 6.17. The van der Waals surface area contributed by atoms with Crippen LogP contribution in [0.5, 0.6) is 0 Å². The van der Waals surface area contributed by atoms with Gasteiger partial charge in [0.15, 0.2) is 5.29 Å². The summed E-state index contributed by atoms with van der Waals surface area (Å²) in [6.45, 7) is 9.00. The smallest absolute Gasteiger partial charge is 0.226 e. The number of carbonyl (C=O) groups excluding carboxylic acids is 1. The maximum atomic E-state index is 13.4. The van der Waals surface area contributed by atoms with E-state index in [4.69, 9.17) is 27.8 Å². The Bertz CT molecular complexity index is 945. The lowest BCUT2D eigenvalue weighted by Gasteiger charge is -2.34. The van der Waals surface area contributed by atoms with E-state index in [1.165, 1.54) is 0 Å². The number of nitrogen functional groups attached to an aromatic ring is 1. The molecule has 3 aliphatic rings. The van der Waals surface area contributed by atoms with Gasteiger partial charge in [-0.1, -0.05) is 6.07 Å². The minimum absolute atomic E-state index is 0.0108. The van der Waals surface area contributed by atoms with Crippen molar-refractivity contribution in [2.75, 3.05) is 32.0 Å². The second-order valence-electron chi connectivity index (χ2n) is 9.93. The lowest BCUT2D eigenvalue weighted by Crippen LogP contribution is -2.44. The van der Waals surface area contributed by atoms with Gasteiger partial charge in [-0.15, -0.1) is 0 Å². The molecule has 1 aromatic rings. The van der Waals surface area contributed by atoms with Crippen LogP contribution in [0.25, 0.3) is 0 Å². The van der Waals surface area contributed by atoms with Crippen molar-refractivity contribution < 1.29 is 9.53 Å². The van der Waals surface area contributed by atoms with Gasteiger partial charge >= 0.3 is 0 Å². The SMILES string of the molecule is Cc1cc(N)cc([C@@H](C)NC(C)C2=C(N=C(N)Cl)CCN(C(=O)C3CC34CCOCC4)C2)c1. The first kappa shape index (κ1) is 24.0. The van der Waals surface area contributed by atoms with Crippen molar-refractivity contribution in [1.29, 1.82) is 0 Å². The highest BCUT2D eigenvalue weighted by Crippen LogP contribution is 2.59. The number of aryl methyl sites for hydroxylation is 1. The average Bonchev–Trinajstić information content (AvgIpc) is 3.45. The Labute approximate surface area is 201 Å². The normalized spacial score (nSPS) is 24.7. The number of amidine groups is 1. The van der Waals surface area contributed by atoms with Crippen molar-refractivity contribution >= 4 is 28.5 Å². The molecular formula is C25H36ClN5O2. The molecule has 0 aromatic heterocycles. The zero-order valence-corrected chi connectivity index (χ0v) is 20.6. The van der Waals surface area contributed by atoms with Crippen LogP contribution in [0.15, 0.2) is 34.5 Å². The van der Waals surface area contributed by atoms with Gasteiger partial charge in [-0.3, -0.25) is 4.79 Å². The first-order valence-corrected chi connectivity index (χ1v) is 12.3. The zero-order valence-electron chi connectivity index (χ0n) is 19.9. The Hall–Kier alpha value is -2.09. The number of ether oxygens (including phenoxy) is 1. The highest BCUT2D eigenvalue weighted by molar-refractivity contribution is 6.64. The summed E-state index contributed by atoms with van der Waals surface area (Å²) in [7, 11) is 0. The van der Waals surface area contributed by atoms with Gasteiger partial charge in [-0.25, -0.2) is 4.99 Å². The van der Waals surface area contributed by atoms with Crippen molar-refractivity contribution in [3.63, 3.8) is 0 Å². The van der Waals surface area contributed by atoms with Gasteiger partial charge in [0.2, 0.25) is 5.91 Å². The molecule has 2 aliphatic heterocycles. The maximum Gasteiger partial charge on any atom is 0.226 e. The number of anilines is 1. The standard InChI is InChI=1S/C25H36ClN5O2/c1-15-10-18(12-19(27)11-15)16(2)29-17(3)20-14-31(7-4-22(20)30-24(26)28)23(32)21-13-25(21)5-8-33-9-6-25/h10-12,16-17,21,29H,4-9,13-14,27H2,1-3H3,(H2,28,30)/t16-,17?,21?/m1/s1. The molecule has 1 aliphatic carbocycles. The van der Waals surface area contributed by atoms with E-state index in [2.05, 4.69) is 30.2 Å². The van der Waals surface area contributed by atoms with Crippen LogP contribution >= 0.6 is 11.6 Å². The number of hydrogen-bond donors (Lipinski definition) is 3. The molecule has 2 fully saturated rings. The predicted octanol–water partition coefficient (Wildman–Crippen LogP) is 3.47. The Morgan fingerprint density at radius 3 is 2.67 bits per heavy atom. The van der Waals surface area contributed by atoms with Crippen LogP contribution in [0.3, 0.4) is 0 Å². The van der Waals surface area contributed by atoms with E-state index >= 15 is 0 Å². The van der Waals surface area contributed by atoms with Crippen molar-refractivity contribution in [3.8, 4) is 0 Å². The lowest BCUT2D eigenvalue weighted by atomic mass is 9.92. The molecular weight excluding hydrogens is 438 g/mol. The van der Waals surface area contributed by atoms with E-state index in [9.17, 15) is 4.79 Å². The van der Waals surface area contributed by atoms with Crippen molar-refractivity contribution in [3.05, 3.63) is 40.6 Å². The van der Waals surface area contributed by atoms with Gasteiger partial charge in [-0.2, -0.15) is 0 Å². The van der Waals surface area contributed by atoms with Crippen LogP contribution in [0, 0.1) is 18.3 Å². The fourth-order valence-electron chi connectivity index (χ4n) is 5.52. The van der Waals surface area contributed by atoms with E-state index in [0.29, 0.717) is 19.5 Å². The number of nitrogens with two attached hydrogens (primary N) is 2. The van der Waals surface area contributed by atoms with E-state index in [1.807, 2.05) is 24.0 Å². The Morgan fingerprint density at radius 2 is 2.00 bits per heavy atom. The summed E-state index contributed by atoms with van der Waals surface area (Å²) < 4.78 is 5.52. The van der Waals surface area contributed by atoms with Crippen LogP contribution in [0.4, 0.5) is 5.69 Å². The molecule has 2 unspecified atom stereocenters. The summed E-state index contributed by atoms with van der Waals surface area (Å²) in [5.74, 6) is 0.395. The summed E-state index contributed by atoms with van der Waals surface area (Å²) in [4.78, 5) is 19.8. The highest BCUT2D eigenvalue weighted by Gasteiger charge is 2.59. The topological polar surface area (TPSA) is 106 Å². The number of amides is 1. The van der Waals surface area contributed by atoms with Gasteiger partial charge in [-0.05, 0) is 85.9 Å². The third kappa shape index (κ3) is 5.36. The lowest BCUT2D eigenvalue weighted by molar-refractivity contribution is -0.133. The molecule has 180 valence electrons. The number of carbonyl (C=O) groups is 1. The number of hydrogen-bond acceptors (Lipinski definition) is 5. The minimum Gasteiger partial charge on any atom is -0.399 e. The second kappa shape index (κ2) is 9.65. The maximum absolute atomic E-state index is 13.4. The van der Waals surface area contributed by atoms with Crippen molar-refractivity contribution in [2.24, 2.45) is 22.1 Å². The number of aliphatic imine (C=N–C) groups is 1. The Kier molecular flexibility index (Phi) is 7.03. The molecule has 1 saturated carbocycles. The Balaban J connectivity index is 1.49. The molecule has 2 heterocycles. The fraction of sp³-hybridized carbons (Fsp3) is 0.600. The first-order valence-electron chi connectivity index (χ1n) is 11.9. The molecule has 7 nitrogen and oxygen atoms in total. The molecule has 1 aromatic carbocycles. The fourth-order valence-corrected chi connectivity index (χ4v) is 5.62. The minimum atomic E-state index is -0.0108. The summed E-state index contributed by atoms with van der Waals surface area (Å²) in [5, 5.41) is 3.69. The third-order valence-electron chi connectivity index (χ3n) is 7.52. The van der Waals surface area contributed by atoms with Gasteiger partial charge in [0.05, 0.1) is 0 Å². The molecule has 1 spiro atoms. The van der Waals surface area contributed by atoms with E-state index in [0.717, 1.165) is 60.6 Å².